The number of carboxylic acids is 1. The maximum Gasteiger partial charge on any atom is 0.317 e. The van der Waals surface area contributed by atoms with Crippen molar-refractivity contribution >= 4 is 12.0 Å². The molecular weight excluding hydrogens is 260 g/mol. The Bertz CT molecular complexity index is 320. The highest BCUT2D eigenvalue weighted by Crippen LogP contribution is 2.19. The van der Waals surface area contributed by atoms with Gasteiger partial charge in [-0.2, -0.15) is 0 Å². The van der Waals surface area contributed by atoms with Crippen molar-refractivity contribution in [1.82, 2.24) is 10.2 Å². The fourth-order valence-electron chi connectivity index (χ4n) is 2.23. The van der Waals surface area contributed by atoms with Crippen LogP contribution in [-0.2, 0) is 9.53 Å². The number of nitrogens with one attached hydrogen (secondary N) is 1. The van der Waals surface area contributed by atoms with E-state index in [0.717, 1.165) is 19.4 Å². The molecule has 1 aliphatic rings. The van der Waals surface area contributed by atoms with Crippen LogP contribution in [0.4, 0.5) is 4.79 Å². The second-order valence-electron chi connectivity index (χ2n) is 5.75. The summed E-state index contributed by atoms with van der Waals surface area (Å²) in [6.07, 6.45) is 1.72. The average molecular weight is 286 g/mol. The summed E-state index contributed by atoms with van der Waals surface area (Å²) in [7, 11) is 0. The lowest BCUT2D eigenvalue weighted by atomic mass is 10.1. The van der Waals surface area contributed by atoms with E-state index < -0.39 is 5.97 Å². The van der Waals surface area contributed by atoms with Crippen LogP contribution in [0.1, 0.15) is 33.1 Å². The molecular formula is C14H26N2O4. The third-order valence-corrected chi connectivity index (χ3v) is 3.23. The molecule has 1 fully saturated rings. The molecule has 1 unspecified atom stereocenters. The zero-order valence-electron chi connectivity index (χ0n) is 12.4. The summed E-state index contributed by atoms with van der Waals surface area (Å²) in [6.45, 7) is 7.38. The van der Waals surface area contributed by atoms with Crippen molar-refractivity contribution in [3.63, 3.8) is 0 Å². The molecule has 1 aliphatic heterocycles. The van der Waals surface area contributed by atoms with Gasteiger partial charge >= 0.3 is 12.0 Å². The molecule has 0 aliphatic carbocycles. The van der Waals surface area contributed by atoms with E-state index in [2.05, 4.69) is 19.2 Å². The molecule has 20 heavy (non-hydrogen) atoms. The number of urea groups is 1. The van der Waals surface area contributed by atoms with Crippen molar-refractivity contribution in [1.29, 1.82) is 0 Å². The summed E-state index contributed by atoms with van der Waals surface area (Å²) in [4.78, 5) is 24.2. The molecule has 0 aromatic rings. The Morgan fingerprint density at radius 1 is 1.45 bits per heavy atom. The molecule has 1 rings (SSSR count). The van der Waals surface area contributed by atoms with Crippen LogP contribution in [0, 0.1) is 11.8 Å². The van der Waals surface area contributed by atoms with Gasteiger partial charge in [0.05, 0.1) is 0 Å². The van der Waals surface area contributed by atoms with Crippen LogP contribution in [0.3, 0.4) is 0 Å². The second kappa shape index (κ2) is 8.79. The van der Waals surface area contributed by atoms with Crippen LogP contribution in [-0.4, -0.2) is 54.9 Å². The van der Waals surface area contributed by atoms with Gasteiger partial charge in [-0.1, -0.05) is 13.8 Å². The van der Waals surface area contributed by atoms with Gasteiger partial charge in [0.15, 0.2) is 0 Å². The first-order valence-corrected chi connectivity index (χ1v) is 7.31. The number of hydrogen-bond donors (Lipinski definition) is 2. The summed E-state index contributed by atoms with van der Waals surface area (Å²) < 4.78 is 5.43. The smallest absolute Gasteiger partial charge is 0.317 e. The maximum atomic E-state index is 11.8. The van der Waals surface area contributed by atoms with Gasteiger partial charge in [-0.15, -0.1) is 0 Å². The molecule has 0 spiro atoms. The van der Waals surface area contributed by atoms with Crippen molar-refractivity contribution in [2.45, 2.75) is 33.1 Å². The Morgan fingerprint density at radius 2 is 2.20 bits per heavy atom. The standard InChI is InChI=1S/C14H26N2O4/c1-11(2)10-20-7-3-5-15-14(19)16-6-4-12(9-16)8-13(17)18/h11-12H,3-10H2,1-2H3,(H,15,19)(H,17,18). The number of likely N-dealkylation sites (tertiary alicyclic amines) is 1. The summed E-state index contributed by atoms with van der Waals surface area (Å²) in [5.41, 5.74) is 0. The van der Waals surface area contributed by atoms with Crippen LogP contribution in [0.2, 0.25) is 0 Å². The number of carbonyl (C=O) groups is 2. The lowest BCUT2D eigenvalue weighted by Gasteiger charge is -2.17. The van der Waals surface area contributed by atoms with Gasteiger partial charge < -0.3 is 20.1 Å². The maximum absolute atomic E-state index is 11.8. The van der Waals surface area contributed by atoms with Crippen molar-refractivity contribution in [2.75, 3.05) is 32.8 Å². The van der Waals surface area contributed by atoms with Crippen LogP contribution in [0.25, 0.3) is 0 Å². The van der Waals surface area contributed by atoms with E-state index in [1.165, 1.54) is 0 Å². The van der Waals surface area contributed by atoms with E-state index in [1.807, 2.05) is 0 Å². The zero-order chi connectivity index (χ0) is 15.0. The Labute approximate surface area is 120 Å². The predicted octanol–water partition coefficient (Wildman–Crippen LogP) is 1.56. The molecule has 6 nitrogen and oxygen atoms in total. The predicted molar refractivity (Wildman–Crippen MR) is 75.6 cm³/mol. The summed E-state index contributed by atoms with van der Waals surface area (Å²) in [5, 5.41) is 11.6. The third-order valence-electron chi connectivity index (χ3n) is 3.23. The molecule has 0 bridgehead atoms. The lowest BCUT2D eigenvalue weighted by molar-refractivity contribution is -0.138. The number of amides is 2. The highest BCUT2D eigenvalue weighted by Gasteiger charge is 2.27. The highest BCUT2D eigenvalue weighted by atomic mass is 16.5. The number of carboxylic acid groups (broad SMARTS) is 1. The molecule has 0 saturated carbocycles. The fourth-order valence-corrected chi connectivity index (χ4v) is 2.23. The van der Waals surface area contributed by atoms with Gasteiger partial charge in [0, 0.05) is 39.3 Å². The second-order valence-corrected chi connectivity index (χ2v) is 5.75. The highest BCUT2D eigenvalue weighted by molar-refractivity contribution is 5.74. The largest absolute Gasteiger partial charge is 0.481 e. The topological polar surface area (TPSA) is 78.9 Å². The normalized spacial score (nSPS) is 18.6. The van der Waals surface area contributed by atoms with Gasteiger partial charge in [0.2, 0.25) is 0 Å². The lowest BCUT2D eigenvalue weighted by Crippen LogP contribution is -2.39. The monoisotopic (exact) mass is 286 g/mol. The minimum Gasteiger partial charge on any atom is -0.481 e. The Kier molecular flexibility index (Phi) is 7.36. The summed E-state index contributed by atoms with van der Waals surface area (Å²) in [5.74, 6) is -0.174. The zero-order valence-corrected chi connectivity index (χ0v) is 12.4. The molecule has 2 amide bonds. The number of carbonyl (C=O) groups excluding carboxylic acids is 1. The Hall–Kier alpha value is -1.30. The quantitative estimate of drug-likeness (QED) is 0.664. The molecule has 6 heteroatoms. The molecule has 1 atom stereocenters. The third kappa shape index (κ3) is 6.75. The minimum absolute atomic E-state index is 0.0904. The fraction of sp³-hybridized carbons (Fsp3) is 0.857. The molecule has 1 heterocycles. The van der Waals surface area contributed by atoms with Gasteiger partial charge in [0.1, 0.15) is 0 Å². The molecule has 1 saturated heterocycles. The van der Waals surface area contributed by atoms with Crippen LogP contribution in [0.5, 0.6) is 0 Å². The van der Waals surface area contributed by atoms with Crippen LogP contribution in [0.15, 0.2) is 0 Å². The number of rotatable bonds is 8. The van der Waals surface area contributed by atoms with Gasteiger partial charge in [-0.3, -0.25) is 4.79 Å². The summed E-state index contributed by atoms with van der Waals surface area (Å²) in [6, 6.07) is -0.0956. The number of ether oxygens (including phenoxy) is 1. The molecule has 116 valence electrons. The number of nitrogens with zero attached hydrogens (tertiary/aromatic N) is 1. The van der Waals surface area contributed by atoms with Gasteiger partial charge in [0.25, 0.3) is 0 Å². The number of aliphatic carboxylic acids is 1. The van der Waals surface area contributed by atoms with Crippen molar-refractivity contribution in [3.8, 4) is 0 Å². The first-order valence-electron chi connectivity index (χ1n) is 7.31. The number of hydrogen-bond acceptors (Lipinski definition) is 3. The molecule has 0 aromatic heterocycles. The van der Waals surface area contributed by atoms with Crippen molar-refractivity contribution < 1.29 is 19.4 Å². The van der Waals surface area contributed by atoms with Gasteiger partial charge in [-0.25, -0.2) is 4.79 Å². The van der Waals surface area contributed by atoms with Crippen LogP contribution >= 0.6 is 0 Å². The molecule has 0 radical (unpaired) electrons. The minimum atomic E-state index is -0.792. The van der Waals surface area contributed by atoms with E-state index in [-0.39, 0.29) is 18.4 Å². The summed E-state index contributed by atoms with van der Waals surface area (Å²) >= 11 is 0. The first kappa shape index (κ1) is 16.8. The average Bonchev–Trinajstić information content (AvgIpc) is 2.80. The van der Waals surface area contributed by atoms with E-state index in [9.17, 15) is 9.59 Å². The Balaban J connectivity index is 2.07. The van der Waals surface area contributed by atoms with E-state index in [1.54, 1.807) is 4.90 Å². The molecule has 0 aromatic carbocycles. The Morgan fingerprint density at radius 3 is 2.85 bits per heavy atom. The van der Waals surface area contributed by atoms with Crippen molar-refractivity contribution in [3.05, 3.63) is 0 Å². The first-order chi connectivity index (χ1) is 9.49. The van der Waals surface area contributed by atoms with E-state index in [0.29, 0.717) is 32.2 Å². The SMILES string of the molecule is CC(C)COCCCNC(=O)N1CCC(CC(=O)O)C1. The molecule has 2 N–H and O–H groups in total. The van der Waals surface area contributed by atoms with E-state index in [4.69, 9.17) is 9.84 Å². The van der Waals surface area contributed by atoms with E-state index >= 15 is 0 Å². The van der Waals surface area contributed by atoms with Crippen molar-refractivity contribution in [2.24, 2.45) is 11.8 Å². The van der Waals surface area contributed by atoms with Crippen LogP contribution < -0.4 is 5.32 Å². The van der Waals surface area contributed by atoms with Gasteiger partial charge in [-0.05, 0) is 24.7 Å².